The molecule has 0 aromatic heterocycles. The fourth-order valence-corrected chi connectivity index (χ4v) is 2.86. The van der Waals surface area contributed by atoms with E-state index in [1.165, 1.54) is 43.5 Å². The standard InChI is InChI=1S/C15H22N2/c1-17-9-6-14(11-17)13-4-2-12(3-5-13)10-15(16)7-8-15/h2-5,14H,6-11,16H2,1H3. The van der Waals surface area contributed by atoms with Gasteiger partial charge in [-0.2, -0.15) is 0 Å². The predicted octanol–water partition coefficient (Wildman–Crippen LogP) is 2.14. The Morgan fingerprint density at radius 1 is 1.29 bits per heavy atom. The van der Waals surface area contributed by atoms with Crippen LogP contribution >= 0.6 is 0 Å². The highest BCUT2D eigenvalue weighted by Gasteiger charge is 2.37. The van der Waals surface area contributed by atoms with Gasteiger partial charge in [0.2, 0.25) is 0 Å². The van der Waals surface area contributed by atoms with E-state index < -0.39 is 0 Å². The number of likely N-dealkylation sites (N-methyl/N-ethyl adjacent to an activating group) is 1. The first-order chi connectivity index (χ1) is 8.15. The van der Waals surface area contributed by atoms with Crippen molar-refractivity contribution in [3.05, 3.63) is 35.4 Å². The monoisotopic (exact) mass is 230 g/mol. The van der Waals surface area contributed by atoms with E-state index in [2.05, 4.69) is 36.2 Å². The molecule has 2 heteroatoms. The number of nitrogens with zero attached hydrogens (tertiary/aromatic N) is 1. The topological polar surface area (TPSA) is 29.3 Å². The van der Waals surface area contributed by atoms with Crippen LogP contribution in [0.15, 0.2) is 24.3 Å². The average molecular weight is 230 g/mol. The Kier molecular flexibility index (Phi) is 2.72. The first kappa shape index (κ1) is 11.2. The van der Waals surface area contributed by atoms with Gasteiger partial charge in [-0.3, -0.25) is 0 Å². The molecule has 1 aliphatic carbocycles. The Labute approximate surface area is 104 Å². The minimum atomic E-state index is 0.134. The zero-order chi connectivity index (χ0) is 11.9. The van der Waals surface area contributed by atoms with Crippen LogP contribution in [0.1, 0.15) is 36.3 Å². The van der Waals surface area contributed by atoms with Crippen molar-refractivity contribution in [2.75, 3.05) is 20.1 Å². The van der Waals surface area contributed by atoms with Crippen LogP contribution in [-0.2, 0) is 6.42 Å². The van der Waals surface area contributed by atoms with Crippen LogP contribution in [0.3, 0.4) is 0 Å². The maximum atomic E-state index is 6.15. The van der Waals surface area contributed by atoms with Crippen LogP contribution < -0.4 is 5.73 Å². The van der Waals surface area contributed by atoms with E-state index in [0.717, 1.165) is 12.3 Å². The van der Waals surface area contributed by atoms with Gasteiger partial charge in [0.1, 0.15) is 0 Å². The molecule has 0 bridgehead atoms. The van der Waals surface area contributed by atoms with Gasteiger partial charge in [-0.1, -0.05) is 24.3 Å². The number of benzene rings is 1. The van der Waals surface area contributed by atoms with Crippen molar-refractivity contribution in [3.8, 4) is 0 Å². The fourth-order valence-electron chi connectivity index (χ4n) is 2.86. The molecular weight excluding hydrogens is 208 g/mol. The number of hydrogen-bond donors (Lipinski definition) is 1. The summed E-state index contributed by atoms with van der Waals surface area (Å²) in [6.07, 6.45) is 4.75. The minimum absolute atomic E-state index is 0.134. The maximum absolute atomic E-state index is 6.15. The lowest BCUT2D eigenvalue weighted by Gasteiger charge is -2.13. The van der Waals surface area contributed by atoms with Crippen molar-refractivity contribution in [1.29, 1.82) is 0 Å². The normalized spacial score (nSPS) is 27.3. The van der Waals surface area contributed by atoms with Crippen LogP contribution in [0.5, 0.6) is 0 Å². The highest BCUT2D eigenvalue weighted by atomic mass is 15.1. The number of hydrogen-bond acceptors (Lipinski definition) is 2. The van der Waals surface area contributed by atoms with E-state index in [9.17, 15) is 0 Å². The Balaban J connectivity index is 1.67. The zero-order valence-electron chi connectivity index (χ0n) is 10.7. The lowest BCUT2D eigenvalue weighted by Crippen LogP contribution is -2.24. The van der Waals surface area contributed by atoms with E-state index in [-0.39, 0.29) is 5.54 Å². The smallest absolute Gasteiger partial charge is 0.0196 e. The first-order valence-corrected chi connectivity index (χ1v) is 6.71. The van der Waals surface area contributed by atoms with Gasteiger partial charge in [0.25, 0.3) is 0 Å². The molecule has 2 N–H and O–H groups in total. The molecule has 1 saturated carbocycles. The molecule has 92 valence electrons. The number of nitrogens with two attached hydrogens (primary N) is 1. The molecule has 2 nitrogen and oxygen atoms in total. The highest BCUT2D eigenvalue weighted by molar-refractivity contribution is 5.28. The van der Waals surface area contributed by atoms with Gasteiger partial charge >= 0.3 is 0 Å². The molecule has 0 amide bonds. The van der Waals surface area contributed by atoms with Crippen molar-refractivity contribution in [2.45, 2.75) is 37.1 Å². The summed E-state index contributed by atoms with van der Waals surface area (Å²) in [7, 11) is 2.21. The summed E-state index contributed by atoms with van der Waals surface area (Å²) < 4.78 is 0. The highest BCUT2D eigenvalue weighted by Crippen LogP contribution is 2.36. The molecular formula is C15H22N2. The average Bonchev–Trinajstić information content (AvgIpc) is 2.87. The summed E-state index contributed by atoms with van der Waals surface area (Å²) in [6.45, 7) is 2.44. The molecule has 17 heavy (non-hydrogen) atoms. The Morgan fingerprint density at radius 3 is 2.53 bits per heavy atom. The van der Waals surface area contributed by atoms with Gasteiger partial charge in [-0.15, -0.1) is 0 Å². The molecule has 1 unspecified atom stereocenters. The van der Waals surface area contributed by atoms with Gasteiger partial charge in [0.05, 0.1) is 0 Å². The van der Waals surface area contributed by atoms with Crippen LogP contribution in [0.2, 0.25) is 0 Å². The molecule has 1 aliphatic heterocycles. The van der Waals surface area contributed by atoms with Crippen molar-refractivity contribution in [2.24, 2.45) is 5.73 Å². The Hall–Kier alpha value is -0.860. The third kappa shape index (κ3) is 2.53. The third-order valence-electron chi connectivity index (χ3n) is 4.29. The van der Waals surface area contributed by atoms with Gasteiger partial charge in [-0.05, 0) is 56.3 Å². The van der Waals surface area contributed by atoms with Gasteiger partial charge in [0, 0.05) is 12.1 Å². The summed E-state index contributed by atoms with van der Waals surface area (Å²) in [4.78, 5) is 2.41. The molecule has 2 fully saturated rings. The number of rotatable bonds is 3. The van der Waals surface area contributed by atoms with E-state index >= 15 is 0 Å². The quantitative estimate of drug-likeness (QED) is 0.862. The second kappa shape index (κ2) is 4.11. The van der Waals surface area contributed by atoms with Crippen molar-refractivity contribution in [1.82, 2.24) is 4.90 Å². The van der Waals surface area contributed by atoms with Gasteiger partial charge < -0.3 is 10.6 Å². The SMILES string of the molecule is CN1CCC(c2ccc(CC3(N)CC3)cc2)C1. The molecule has 0 radical (unpaired) electrons. The van der Waals surface area contributed by atoms with E-state index in [4.69, 9.17) is 5.73 Å². The maximum Gasteiger partial charge on any atom is 0.0196 e. The van der Waals surface area contributed by atoms with Crippen molar-refractivity contribution in [3.63, 3.8) is 0 Å². The molecule has 3 rings (SSSR count). The molecule has 1 atom stereocenters. The summed E-state index contributed by atoms with van der Waals surface area (Å²) >= 11 is 0. The predicted molar refractivity (Wildman–Crippen MR) is 71.2 cm³/mol. The summed E-state index contributed by atoms with van der Waals surface area (Å²) in [5, 5.41) is 0. The second-order valence-electron chi connectivity index (χ2n) is 6.03. The molecule has 1 aromatic carbocycles. The largest absolute Gasteiger partial charge is 0.325 e. The van der Waals surface area contributed by atoms with Crippen molar-refractivity contribution >= 4 is 0 Å². The zero-order valence-corrected chi connectivity index (χ0v) is 10.7. The lowest BCUT2D eigenvalue weighted by atomic mass is 9.95. The van der Waals surface area contributed by atoms with Crippen LogP contribution in [0, 0.1) is 0 Å². The van der Waals surface area contributed by atoms with E-state index in [0.29, 0.717) is 0 Å². The van der Waals surface area contributed by atoms with Gasteiger partial charge in [0.15, 0.2) is 0 Å². The minimum Gasteiger partial charge on any atom is -0.325 e. The van der Waals surface area contributed by atoms with Gasteiger partial charge in [-0.25, -0.2) is 0 Å². The molecule has 1 aromatic rings. The number of likely N-dealkylation sites (tertiary alicyclic amines) is 1. The first-order valence-electron chi connectivity index (χ1n) is 6.71. The van der Waals surface area contributed by atoms with E-state index in [1.807, 2.05) is 0 Å². The molecule has 1 saturated heterocycles. The second-order valence-corrected chi connectivity index (χ2v) is 6.03. The van der Waals surface area contributed by atoms with E-state index in [1.54, 1.807) is 0 Å². The summed E-state index contributed by atoms with van der Waals surface area (Å²) in [6, 6.07) is 9.18. The third-order valence-corrected chi connectivity index (χ3v) is 4.29. The van der Waals surface area contributed by atoms with Crippen LogP contribution in [0.4, 0.5) is 0 Å². The summed E-state index contributed by atoms with van der Waals surface area (Å²) in [5.41, 5.74) is 9.19. The summed E-state index contributed by atoms with van der Waals surface area (Å²) in [5.74, 6) is 0.738. The lowest BCUT2D eigenvalue weighted by molar-refractivity contribution is 0.411. The molecule has 2 aliphatic rings. The van der Waals surface area contributed by atoms with Crippen molar-refractivity contribution < 1.29 is 0 Å². The fraction of sp³-hybridized carbons (Fsp3) is 0.600. The molecule has 1 heterocycles. The Bertz CT molecular complexity index is 392. The van der Waals surface area contributed by atoms with Crippen LogP contribution in [-0.4, -0.2) is 30.6 Å². The van der Waals surface area contributed by atoms with Crippen LogP contribution in [0.25, 0.3) is 0 Å². The molecule has 0 spiro atoms. The Morgan fingerprint density at radius 2 is 2.00 bits per heavy atom.